The van der Waals surface area contributed by atoms with Crippen molar-refractivity contribution < 1.29 is 22.7 Å². The highest BCUT2D eigenvalue weighted by Gasteiger charge is 2.37. The summed E-state index contributed by atoms with van der Waals surface area (Å²) in [5, 5.41) is 0. The first-order chi connectivity index (χ1) is 16.9. The van der Waals surface area contributed by atoms with Crippen LogP contribution in [-0.2, 0) is 9.84 Å². The number of carbonyl (C=O) groups is 1. The number of hydrogen-bond donors (Lipinski definition) is 0. The number of ether oxygens (including phenoxy) is 2. The molecule has 0 amide bonds. The molecule has 0 unspecified atom stereocenters. The molecule has 1 saturated carbocycles. The molecule has 0 bridgehead atoms. The Morgan fingerprint density at radius 1 is 0.829 bits per heavy atom. The topological polar surface area (TPSA) is 82.0 Å². The zero-order chi connectivity index (χ0) is 24.3. The standard InChI is InChI=1S/C28H25NO5S/c1-33-23-14-20-17-7-3-5-9-22(17)29-27(21(20)15-24(23)34-2)16-11-12-19-26(13-16)35(31,32)25-10-6-4-8-18(25)28(19)30/h4,6,8,10-15,17,22H,3,5,7,9H2,1-2H3/t17-,22-/m0/s1. The molecule has 0 spiro atoms. The van der Waals surface area contributed by atoms with E-state index in [-0.39, 0.29) is 38.7 Å². The molecule has 178 valence electrons. The van der Waals surface area contributed by atoms with E-state index < -0.39 is 9.84 Å². The highest BCUT2D eigenvalue weighted by atomic mass is 32.2. The van der Waals surface area contributed by atoms with Crippen LogP contribution in [0.4, 0.5) is 0 Å². The number of benzene rings is 3. The van der Waals surface area contributed by atoms with E-state index in [9.17, 15) is 13.2 Å². The van der Waals surface area contributed by atoms with Gasteiger partial charge in [0.15, 0.2) is 17.3 Å². The maximum Gasteiger partial charge on any atom is 0.208 e. The van der Waals surface area contributed by atoms with Gasteiger partial charge < -0.3 is 9.47 Å². The third kappa shape index (κ3) is 3.25. The molecule has 2 heterocycles. The average Bonchev–Trinajstić information content (AvgIpc) is 2.90. The fraction of sp³-hybridized carbons (Fsp3) is 0.286. The van der Waals surface area contributed by atoms with Gasteiger partial charge in [-0.05, 0) is 54.8 Å². The van der Waals surface area contributed by atoms with Crippen LogP contribution in [0.15, 0.2) is 69.4 Å². The first kappa shape index (κ1) is 22.0. The molecule has 7 heteroatoms. The summed E-state index contributed by atoms with van der Waals surface area (Å²) >= 11 is 0. The van der Waals surface area contributed by atoms with Crippen molar-refractivity contribution in [1.29, 1.82) is 0 Å². The van der Waals surface area contributed by atoms with Crippen LogP contribution in [0, 0.1) is 0 Å². The minimum absolute atomic E-state index is 0.0363. The van der Waals surface area contributed by atoms with Crippen LogP contribution in [0.3, 0.4) is 0 Å². The minimum Gasteiger partial charge on any atom is -0.493 e. The van der Waals surface area contributed by atoms with Gasteiger partial charge >= 0.3 is 0 Å². The van der Waals surface area contributed by atoms with E-state index in [0.29, 0.717) is 17.1 Å². The third-order valence-corrected chi connectivity index (χ3v) is 9.30. The SMILES string of the molecule is COc1cc2c(cc1OC)[C@@H]1CCCC[C@@H]1N=C2c1ccc2c(c1)S(=O)(=O)c1ccccc1C2=O. The van der Waals surface area contributed by atoms with Crippen molar-refractivity contribution in [3.8, 4) is 11.5 Å². The van der Waals surface area contributed by atoms with E-state index in [0.717, 1.165) is 42.5 Å². The molecule has 2 aliphatic heterocycles. The molecule has 0 aromatic heterocycles. The summed E-state index contributed by atoms with van der Waals surface area (Å²) in [5.41, 5.74) is 3.90. The minimum atomic E-state index is -3.84. The van der Waals surface area contributed by atoms with Gasteiger partial charge in [-0.1, -0.05) is 31.0 Å². The van der Waals surface area contributed by atoms with E-state index in [1.165, 1.54) is 6.07 Å². The van der Waals surface area contributed by atoms with Gasteiger partial charge in [-0.15, -0.1) is 0 Å². The lowest BCUT2D eigenvalue weighted by Gasteiger charge is -2.36. The van der Waals surface area contributed by atoms with Gasteiger partial charge in [-0.3, -0.25) is 9.79 Å². The lowest BCUT2D eigenvalue weighted by molar-refractivity contribution is 0.103. The molecule has 0 saturated heterocycles. The molecule has 6 rings (SSSR count). The van der Waals surface area contributed by atoms with Crippen molar-refractivity contribution in [2.24, 2.45) is 4.99 Å². The van der Waals surface area contributed by atoms with E-state index in [4.69, 9.17) is 14.5 Å². The summed E-state index contributed by atoms with van der Waals surface area (Å²) in [4.78, 5) is 18.3. The van der Waals surface area contributed by atoms with Crippen molar-refractivity contribution in [2.75, 3.05) is 14.2 Å². The molecule has 1 aliphatic carbocycles. The van der Waals surface area contributed by atoms with Crippen LogP contribution in [0.2, 0.25) is 0 Å². The Kier molecular flexibility index (Phi) is 5.07. The molecular formula is C28H25NO5S. The summed E-state index contributed by atoms with van der Waals surface area (Å²) in [6, 6.07) is 15.5. The maximum atomic E-state index is 13.5. The van der Waals surface area contributed by atoms with Crippen LogP contribution in [0.25, 0.3) is 0 Å². The summed E-state index contributed by atoms with van der Waals surface area (Å²) < 4.78 is 38.2. The monoisotopic (exact) mass is 487 g/mol. The van der Waals surface area contributed by atoms with Crippen molar-refractivity contribution in [2.45, 2.75) is 47.4 Å². The zero-order valence-electron chi connectivity index (χ0n) is 19.6. The van der Waals surface area contributed by atoms with Gasteiger partial charge in [-0.2, -0.15) is 0 Å². The van der Waals surface area contributed by atoms with Crippen molar-refractivity contribution >= 4 is 21.3 Å². The fourth-order valence-corrected chi connectivity index (χ4v) is 7.41. The van der Waals surface area contributed by atoms with Gasteiger partial charge in [0, 0.05) is 28.2 Å². The second-order valence-electron chi connectivity index (χ2n) is 9.27. The lowest BCUT2D eigenvalue weighted by Crippen LogP contribution is -2.30. The van der Waals surface area contributed by atoms with Crippen LogP contribution in [0.1, 0.15) is 64.2 Å². The molecule has 3 aliphatic rings. The highest BCUT2D eigenvalue weighted by molar-refractivity contribution is 7.91. The first-order valence-corrected chi connectivity index (χ1v) is 13.3. The molecule has 0 N–H and O–H groups in total. The molecule has 3 aromatic carbocycles. The molecule has 2 atom stereocenters. The maximum absolute atomic E-state index is 13.5. The number of sulfone groups is 1. The van der Waals surface area contributed by atoms with Crippen LogP contribution >= 0.6 is 0 Å². The number of rotatable bonds is 3. The van der Waals surface area contributed by atoms with Gasteiger partial charge in [0.1, 0.15) is 0 Å². The second-order valence-corrected chi connectivity index (χ2v) is 11.2. The molecule has 35 heavy (non-hydrogen) atoms. The zero-order valence-corrected chi connectivity index (χ0v) is 20.4. The number of hydrogen-bond acceptors (Lipinski definition) is 6. The quantitative estimate of drug-likeness (QED) is 0.408. The molecule has 3 aromatic rings. The van der Waals surface area contributed by atoms with Gasteiger partial charge in [-0.25, -0.2) is 8.42 Å². The summed E-state index contributed by atoms with van der Waals surface area (Å²) in [5.74, 6) is 1.29. The van der Waals surface area contributed by atoms with Gasteiger partial charge in [0.25, 0.3) is 0 Å². The lowest BCUT2D eigenvalue weighted by atomic mass is 9.75. The smallest absolute Gasteiger partial charge is 0.208 e. The van der Waals surface area contributed by atoms with Crippen LogP contribution in [0.5, 0.6) is 11.5 Å². The number of aliphatic imine (C=N–C) groups is 1. The van der Waals surface area contributed by atoms with E-state index in [1.807, 2.05) is 18.2 Å². The van der Waals surface area contributed by atoms with Gasteiger partial charge in [0.2, 0.25) is 9.84 Å². The molecular weight excluding hydrogens is 462 g/mol. The summed E-state index contributed by atoms with van der Waals surface area (Å²) in [7, 11) is -0.613. The normalized spacial score (nSPS) is 21.7. The molecule has 6 nitrogen and oxygen atoms in total. The fourth-order valence-electron chi connectivity index (χ4n) is 5.73. The molecule has 1 fully saturated rings. The van der Waals surface area contributed by atoms with Crippen molar-refractivity contribution in [3.63, 3.8) is 0 Å². The van der Waals surface area contributed by atoms with Gasteiger partial charge in [0.05, 0.1) is 35.8 Å². The number of ketones is 1. The Morgan fingerprint density at radius 2 is 1.54 bits per heavy atom. The second kappa shape index (κ2) is 8.05. The Balaban J connectivity index is 1.55. The van der Waals surface area contributed by atoms with E-state index >= 15 is 0 Å². The predicted molar refractivity (Wildman–Crippen MR) is 132 cm³/mol. The van der Waals surface area contributed by atoms with Crippen LogP contribution in [-0.4, -0.2) is 40.2 Å². The average molecular weight is 488 g/mol. The van der Waals surface area contributed by atoms with E-state index in [1.54, 1.807) is 44.6 Å². The Bertz CT molecular complexity index is 1520. The number of methoxy groups -OCH3 is 2. The summed E-state index contributed by atoms with van der Waals surface area (Å²) in [6.07, 6.45) is 4.30. The largest absolute Gasteiger partial charge is 0.493 e. The van der Waals surface area contributed by atoms with E-state index in [2.05, 4.69) is 0 Å². The van der Waals surface area contributed by atoms with Crippen molar-refractivity contribution in [3.05, 3.63) is 82.4 Å². The Morgan fingerprint density at radius 3 is 2.34 bits per heavy atom. The van der Waals surface area contributed by atoms with Crippen molar-refractivity contribution in [1.82, 2.24) is 0 Å². The molecule has 0 radical (unpaired) electrons. The number of fused-ring (bicyclic) bond motifs is 5. The van der Waals surface area contributed by atoms with Crippen LogP contribution < -0.4 is 9.47 Å². The highest BCUT2D eigenvalue weighted by Crippen LogP contribution is 2.45. The predicted octanol–water partition coefficient (Wildman–Crippen LogP) is 4.96. The Hall–Kier alpha value is -3.45. The number of nitrogens with zero attached hydrogens (tertiary/aromatic N) is 1. The summed E-state index contributed by atoms with van der Waals surface area (Å²) in [6.45, 7) is 0. The third-order valence-electron chi connectivity index (χ3n) is 7.45. The first-order valence-electron chi connectivity index (χ1n) is 11.8. The Labute approximate surface area is 204 Å². The number of carbonyl (C=O) groups excluding carboxylic acids is 1.